The molecule has 0 bridgehead atoms. The van der Waals surface area contributed by atoms with Gasteiger partial charge in [-0.25, -0.2) is 0 Å². The molecule has 1 aliphatic heterocycles. The van der Waals surface area contributed by atoms with E-state index >= 15 is 0 Å². The van der Waals surface area contributed by atoms with Crippen LogP contribution in [-0.4, -0.2) is 19.8 Å². The molecular weight excluding hydrogens is 262 g/mol. The van der Waals surface area contributed by atoms with Crippen LogP contribution in [-0.2, 0) is 0 Å². The first kappa shape index (κ1) is 14.7. The van der Waals surface area contributed by atoms with Crippen LogP contribution in [0.3, 0.4) is 0 Å². The zero-order chi connectivity index (χ0) is 14.9. The molecule has 116 valence electrons. The van der Waals surface area contributed by atoms with Crippen LogP contribution in [0.5, 0.6) is 11.5 Å². The van der Waals surface area contributed by atoms with Crippen LogP contribution in [0.4, 0.5) is 0 Å². The highest BCUT2D eigenvalue weighted by molar-refractivity contribution is 5.44. The Kier molecular flexibility index (Phi) is 4.12. The van der Waals surface area contributed by atoms with E-state index in [2.05, 4.69) is 44.3 Å². The van der Waals surface area contributed by atoms with Crippen molar-refractivity contribution >= 4 is 0 Å². The highest BCUT2D eigenvalue weighted by Gasteiger charge is 2.50. The van der Waals surface area contributed by atoms with Crippen molar-refractivity contribution in [3.8, 4) is 11.5 Å². The lowest BCUT2D eigenvalue weighted by molar-refractivity contribution is 0.296. The van der Waals surface area contributed by atoms with E-state index in [0.717, 1.165) is 44.1 Å². The summed E-state index contributed by atoms with van der Waals surface area (Å²) in [5.41, 5.74) is 1.79. The molecule has 1 saturated carbocycles. The molecular formula is C18H27NO2. The zero-order valence-corrected chi connectivity index (χ0v) is 13.4. The molecule has 1 aromatic carbocycles. The maximum atomic E-state index is 5.84. The normalized spacial score (nSPS) is 24.2. The largest absolute Gasteiger partial charge is 0.490 e. The van der Waals surface area contributed by atoms with Gasteiger partial charge in [0.05, 0.1) is 13.2 Å². The molecule has 1 heterocycles. The van der Waals surface area contributed by atoms with E-state index in [1.54, 1.807) is 0 Å². The van der Waals surface area contributed by atoms with Crippen LogP contribution in [0, 0.1) is 11.3 Å². The van der Waals surface area contributed by atoms with E-state index in [1.165, 1.54) is 12.0 Å². The fraction of sp³-hybridized carbons (Fsp3) is 0.667. The Morgan fingerprint density at radius 2 is 1.95 bits per heavy atom. The summed E-state index contributed by atoms with van der Waals surface area (Å²) >= 11 is 0. The number of ether oxygens (including phenoxy) is 2. The first-order valence-corrected chi connectivity index (χ1v) is 8.25. The van der Waals surface area contributed by atoms with Gasteiger partial charge in [0.1, 0.15) is 0 Å². The molecule has 0 saturated heterocycles. The van der Waals surface area contributed by atoms with Crippen molar-refractivity contribution in [3.63, 3.8) is 0 Å². The second-order valence-corrected chi connectivity index (χ2v) is 6.99. The first-order valence-electron chi connectivity index (χ1n) is 8.25. The standard InChI is InChI=1S/C18H27NO2/c1-4-8-19-17(14-12-18(14,2)3)13-6-7-15-16(11-13)21-10-5-9-20-15/h6-7,11,14,17,19H,4-5,8-10,12H2,1-3H3. The Labute approximate surface area is 128 Å². The Balaban J connectivity index is 1.83. The molecule has 2 unspecified atom stereocenters. The lowest BCUT2D eigenvalue weighted by atomic mass is 9.96. The maximum Gasteiger partial charge on any atom is 0.161 e. The van der Waals surface area contributed by atoms with Crippen LogP contribution in [0.25, 0.3) is 0 Å². The summed E-state index contributed by atoms with van der Waals surface area (Å²) < 4.78 is 11.6. The fourth-order valence-corrected chi connectivity index (χ4v) is 3.24. The second-order valence-electron chi connectivity index (χ2n) is 6.99. The molecule has 1 N–H and O–H groups in total. The summed E-state index contributed by atoms with van der Waals surface area (Å²) in [7, 11) is 0. The Morgan fingerprint density at radius 3 is 2.62 bits per heavy atom. The average Bonchev–Trinajstić information content (AvgIpc) is 3.15. The maximum absolute atomic E-state index is 5.84. The highest BCUT2D eigenvalue weighted by Crippen LogP contribution is 2.58. The third-order valence-corrected chi connectivity index (χ3v) is 4.74. The molecule has 2 aliphatic rings. The molecule has 3 rings (SSSR count). The summed E-state index contributed by atoms with van der Waals surface area (Å²) in [6, 6.07) is 6.89. The van der Waals surface area contributed by atoms with E-state index < -0.39 is 0 Å². The van der Waals surface area contributed by atoms with Crippen molar-refractivity contribution in [1.29, 1.82) is 0 Å². The van der Waals surface area contributed by atoms with Gasteiger partial charge in [0.2, 0.25) is 0 Å². The lowest BCUT2D eigenvalue weighted by Crippen LogP contribution is -2.25. The molecule has 0 radical (unpaired) electrons. The smallest absolute Gasteiger partial charge is 0.161 e. The van der Waals surface area contributed by atoms with Crippen molar-refractivity contribution in [3.05, 3.63) is 23.8 Å². The molecule has 1 aliphatic carbocycles. The summed E-state index contributed by atoms with van der Waals surface area (Å²) in [4.78, 5) is 0. The number of rotatable bonds is 5. The third kappa shape index (κ3) is 3.18. The molecule has 0 spiro atoms. The zero-order valence-electron chi connectivity index (χ0n) is 13.4. The minimum atomic E-state index is 0.428. The van der Waals surface area contributed by atoms with Gasteiger partial charge < -0.3 is 14.8 Å². The minimum absolute atomic E-state index is 0.428. The van der Waals surface area contributed by atoms with Crippen LogP contribution < -0.4 is 14.8 Å². The molecule has 2 atom stereocenters. The highest BCUT2D eigenvalue weighted by atomic mass is 16.5. The predicted molar refractivity (Wildman–Crippen MR) is 85.0 cm³/mol. The minimum Gasteiger partial charge on any atom is -0.490 e. The van der Waals surface area contributed by atoms with Crippen molar-refractivity contribution in [2.45, 2.75) is 46.1 Å². The number of benzene rings is 1. The molecule has 3 nitrogen and oxygen atoms in total. The molecule has 0 amide bonds. The number of fused-ring (bicyclic) bond motifs is 1. The van der Waals surface area contributed by atoms with E-state index in [-0.39, 0.29) is 0 Å². The van der Waals surface area contributed by atoms with E-state index in [9.17, 15) is 0 Å². The average molecular weight is 289 g/mol. The van der Waals surface area contributed by atoms with E-state index in [0.29, 0.717) is 17.4 Å². The Morgan fingerprint density at radius 1 is 1.24 bits per heavy atom. The van der Waals surface area contributed by atoms with Gasteiger partial charge in [-0.3, -0.25) is 0 Å². The van der Waals surface area contributed by atoms with E-state index in [4.69, 9.17) is 9.47 Å². The topological polar surface area (TPSA) is 30.5 Å². The lowest BCUT2D eigenvalue weighted by Gasteiger charge is -2.22. The molecule has 1 aromatic rings. The van der Waals surface area contributed by atoms with Crippen LogP contribution >= 0.6 is 0 Å². The van der Waals surface area contributed by atoms with Crippen molar-refractivity contribution in [2.75, 3.05) is 19.8 Å². The molecule has 21 heavy (non-hydrogen) atoms. The van der Waals surface area contributed by atoms with Crippen LogP contribution in [0.2, 0.25) is 0 Å². The van der Waals surface area contributed by atoms with Gasteiger partial charge in [-0.15, -0.1) is 0 Å². The Bertz CT molecular complexity index is 498. The van der Waals surface area contributed by atoms with Crippen LogP contribution in [0.1, 0.15) is 51.6 Å². The monoisotopic (exact) mass is 289 g/mol. The Hall–Kier alpha value is -1.22. The molecule has 3 heteroatoms. The molecule has 0 aromatic heterocycles. The predicted octanol–water partition coefficient (Wildman–Crippen LogP) is 3.93. The number of nitrogens with one attached hydrogen (secondary N) is 1. The molecule has 1 fully saturated rings. The SMILES string of the molecule is CCCNC(c1ccc2c(c1)OCCCO2)C1CC1(C)C. The van der Waals surface area contributed by atoms with E-state index in [1.807, 2.05) is 0 Å². The first-order chi connectivity index (χ1) is 10.1. The van der Waals surface area contributed by atoms with Gasteiger partial charge in [0, 0.05) is 12.5 Å². The van der Waals surface area contributed by atoms with Crippen molar-refractivity contribution in [1.82, 2.24) is 5.32 Å². The second kappa shape index (κ2) is 5.88. The number of hydrogen-bond donors (Lipinski definition) is 1. The number of hydrogen-bond acceptors (Lipinski definition) is 3. The van der Waals surface area contributed by atoms with Gasteiger partial charge in [-0.1, -0.05) is 26.8 Å². The summed E-state index contributed by atoms with van der Waals surface area (Å²) in [5, 5.41) is 3.73. The summed E-state index contributed by atoms with van der Waals surface area (Å²) in [5.74, 6) is 2.51. The fourth-order valence-electron chi connectivity index (χ4n) is 3.24. The quantitative estimate of drug-likeness (QED) is 0.890. The van der Waals surface area contributed by atoms with Crippen molar-refractivity contribution < 1.29 is 9.47 Å². The van der Waals surface area contributed by atoms with Gasteiger partial charge in [-0.2, -0.15) is 0 Å². The van der Waals surface area contributed by atoms with Crippen LogP contribution in [0.15, 0.2) is 18.2 Å². The third-order valence-electron chi connectivity index (χ3n) is 4.74. The van der Waals surface area contributed by atoms with Gasteiger partial charge in [-0.05, 0) is 48.4 Å². The van der Waals surface area contributed by atoms with Gasteiger partial charge in [0.15, 0.2) is 11.5 Å². The van der Waals surface area contributed by atoms with Crippen molar-refractivity contribution in [2.24, 2.45) is 11.3 Å². The van der Waals surface area contributed by atoms with Gasteiger partial charge >= 0.3 is 0 Å². The van der Waals surface area contributed by atoms with Gasteiger partial charge in [0.25, 0.3) is 0 Å². The summed E-state index contributed by atoms with van der Waals surface area (Å²) in [6.45, 7) is 9.50. The summed E-state index contributed by atoms with van der Waals surface area (Å²) in [6.07, 6.45) is 3.41.